The maximum absolute atomic E-state index is 5.35. The molecule has 0 fully saturated rings. The van der Waals surface area contributed by atoms with Crippen molar-refractivity contribution in [3.63, 3.8) is 0 Å². The average Bonchev–Trinajstić information content (AvgIpc) is 2.77. The van der Waals surface area contributed by atoms with Crippen molar-refractivity contribution in [1.29, 1.82) is 0 Å². The Morgan fingerprint density at radius 2 is 2.06 bits per heavy atom. The first-order valence-corrected chi connectivity index (χ1v) is 5.87. The zero-order valence-electron chi connectivity index (χ0n) is 10.2. The SMILES string of the molecule is CCCNCc1cnc(-c2occc2C)nc1. The summed E-state index contributed by atoms with van der Waals surface area (Å²) in [5.74, 6) is 1.39. The van der Waals surface area contributed by atoms with E-state index in [1.165, 1.54) is 0 Å². The molecule has 1 N–H and O–H groups in total. The molecule has 4 heteroatoms. The fraction of sp³-hybridized carbons (Fsp3) is 0.385. The molecule has 2 rings (SSSR count). The Bertz CT molecular complexity index is 462. The number of hydrogen-bond donors (Lipinski definition) is 1. The molecular weight excluding hydrogens is 214 g/mol. The van der Waals surface area contributed by atoms with Crippen LogP contribution < -0.4 is 5.32 Å². The van der Waals surface area contributed by atoms with Gasteiger partial charge in [0.1, 0.15) is 0 Å². The molecule has 0 saturated carbocycles. The van der Waals surface area contributed by atoms with E-state index in [0.29, 0.717) is 5.82 Å². The summed E-state index contributed by atoms with van der Waals surface area (Å²) >= 11 is 0. The van der Waals surface area contributed by atoms with Gasteiger partial charge in [-0.25, -0.2) is 9.97 Å². The van der Waals surface area contributed by atoms with Crippen LogP contribution in [0.5, 0.6) is 0 Å². The van der Waals surface area contributed by atoms with Gasteiger partial charge in [-0.3, -0.25) is 0 Å². The molecule has 17 heavy (non-hydrogen) atoms. The van der Waals surface area contributed by atoms with E-state index >= 15 is 0 Å². The summed E-state index contributed by atoms with van der Waals surface area (Å²) in [5, 5.41) is 3.31. The normalized spacial score (nSPS) is 10.7. The molecule has 4 nitrogen and oxygen atoms in total. The molecule has 2 aromatic rings. The van der Waals surface area contributed by atoms with E-state index in [2.05, 4.69) is 22.2 Å². The quantitative estimate of drug-likeness (QED) is 0.803. The van der Waals surface area contributed by atoms with Gasteiger partial charge in [0.15, 0.2) is 11.6 Å². The van der Waals surface area contributed by atoms with E-state index in [9.17, 15) is 0 Å². The lowest BCUT2D eigenvalue weighted by atomic mass is 10.2. The van der Waals surface area contributed by atoms with Crippen LogP contribution in [0.25, 0.3) is 11.6 Å². The maximum Gasteiger partial charge on any atom is 0.195 e. The number of aryl methyl sites for hydroxylation is 1. The van der Waals surface area contributed by atoms with Gasteiger partial charge in [0.2, 0.25) is 0 Å². The Morgan fingerprint density at radius 1 is 1.29 bits per heavy atom. The lowest BCUT2D eigenvalue weighted by Gasteiger charge is -2.03. The monoisotopic (exact) mass is 231 g/mol. The summed E-state index contributed by atoms with van der Waals surface area (Å²) < 4.78 is 5.35. The van der Waals surface area contributed by atoms with Crippen molar-refractivity contribution in [1.82, 2.24) is 15.3 Å². The minimum Gasteiger partial charge on any atom is -0.461 e. The highest BCUT2D eigenvalue weighted by Crippen LogP contribution is 2.19. The zero-order chi connectivity index (χ0) is 12.1. The molecule has 0 atom stereocenters. The molecular formula is C13H17N3O. The number of furan rings is 1. The van der Waals surface area contributed by atoms with Crippen molar-refractivity contribution >= 4 is 0 Å². The standard InChI is InChI=1S/C13H17N3O/c1-3-5-14-7-11-8-15-13(16-9-11)12-10(2)4-6-17-12/h4,6,8-9,14H,3,5,7H2,1-2H3. The summed E-state index contributed by atoms with van der Waals surface area (Å²) in [5.41, 5.74) is 2.15. The fourth-order valence-electron chi connectivity index (χ4n) is 1.57. The third kappa shape index (κ3) is 2.91. The van der Waals surface area contributed by atoms with Crippen LogP contribution in [0.4, 0.5) is 0 Å². The van der Waals surface area contributed by atoms with Gasteiger partial charge in [-0.1, -0.05) is 6.92 Å². The summed E-state index contributed by atoms with van der Waals surface area (Å²) in [6, 6.07) is 1.91. The Balaban J connectivity index is 2.06. The lowest BCUT2D eigenvalue weighted by molar-refractivity contribution is 0.575. The highest BCUT2D eigenvalue weighted by atomic mass is 16.3. The van der Waals surface area contributed by atoms with Gasteiger partial charge in [0.05, 0.1) is 6.26 Å². The zero-order valence-corrected chi connectivity index (χ0v) is 10.2. The Morgan fingerprint density at radius 3 is 2.65 bits per heavy atom. The summed E-state index contributed by atoms with van der Waals surface area (Å²) in [4.78, 5) is 8.63. The smallest absolute Gasteiger partial charge is 0.195 e. The molecule has 0 unspecified atom stereocenters. The van der Waals surface area contributed by atoms with Gasteiger partial charge in [-0.05, 0) is 31.5 Å². The van der Waals surface area contributed by atoms with Gasteiger partial charge in [0.25, 0.3) is 0 Å². The molecule has 0 bridgehead atoms. The molecule has 0 aliphatic heterocycles. The van der Waals surface area contributed by atoms with Crippen LogP contribution in [0, 0.1) is 6.92 Å². The van der Waals surface area contributed by atoms with Crippen LogP contribution in [0.2, 0.25) is 0 Å². The Kier molecular flexibility index (Phi) is 3.88. The predicted octanol–water partition coefficient (Wildman–Crippen LogP) is 2.54. The average molecular weight is 231 g/mol. The largest absolute Gasteiger partial charge is 0.461 e. The van der Waals surface area contributed by atoms with Crippen LogP contribution in [0.3, 0.4) is 0 Å². The number of hydrogen-bond acceptors (Lipinski definition) is 4. The van der Waals surface area contributed by atoms with Gasteiger partial charge >= 0.3 is 0 Å². The first-order valence-electron chi connectivity index (χ1n) is 5.87. The number of rotatable bonds is 5. The van der Waals surface area contributed by atoms with E-state index in [0.717, 1.165) is 36.4 Å². The lowest BCUT2D eigenvalue weighted by Crippen LogP contribution is -2.14. The first-order chi connectivity index (χ1) is 8.31. The van der Waals surface area contributed by atoms with Crippen LogP contribution >= 0.6 is 0 Å². The van der Waals surface area contributed by atoms with Gasteiger partial charge in [-0.2, -0.15) is 0 Å². The van der Waals surface area contributed by atoms with Crippen molar-refractivity contribution in [2.45, 2.75) is 26.8 Å². The third-order valence-corrected chi connectivity index (χ3v) is 2.53. The summed E-state index contributed by atoms with van der Waals surface area (Å²) in [6.45, 7) is 5.95. The van der Waals surface area contributed by atoms with Crippen molar-refractivity contribution in [2.75, 3.05) is 6.54 Å². The van der Waals surface area contributed by atoms with E-state index in [1.807, 2.05) is 25.4 Å². The predicted molar refractivity (Wildman–Crippen MR) is 66.5 cm³/mol. The van der Waals surface area contributed by atoms with Crippen LogP contribution in [-0.2, 0) is 6.54 Å². The molecule has 2 aromatic heterocycles. The van der Waals surface area contributed by atoms with E-state index in [4.69, 9.17) is 4.42 Å². The number of nitrogens with one attached hydrogen (secondary N) is 1. The highest BCUT2D eigenvalue weighted by molar-refractivity contribution is 5.51. The van der Waals surface area contributed by atoms with Gasteiger partial charge in [-0.15, -0.1) is 0 Å². The minimum atomic E-state index is 0.645. The fourth-order valence-corrected chi connectivity index (χ4v) is 1.57. The van der Waals surface area contributed by atoms with Gasteiger partial charge < -0.3 is 9.73 Å². The van der Waals surface area contributed by atoms with E-state index < -0.39 is 0 Å². The minimum absolute atomic E-state index is 0.645. The van der Waals surface area contributed by atoms with Crippen LogP contribution in [-0.4, -0.2) is 16.5 Å². The number of aromatic nitrogens is 2. The van der Waals surface area contributed by atoms with E-state index in [-0.39, 0.29) is 0 Å². The molecule has 0 spiro atoms. The second kappa shape index (κ2) is 5.59. The molecule has 0 aliphatic carbocycles. The first kappa shape index (κ1) is 11.8. The summed E-state index contributed by atoms with van der Waals surface area (Å²) in [7, 11) is 0. The van der Waals surface area contributed by atoms with Crippen molar-refractivity contribution in [3.05, 3.63) is 35.9 Å². The Labute approximate surface area is 101 Å². The topological polar surface area (TPSA) is 51.0 Å². The molecule has 0 saturated heterocycles. The second-order valence-corrected chi connectivity index (χ2v) is 4.02. The molecule has 90 valence electrons. The Hall–Kier alpha value is -1.68. The maximum atomic E-state index is 5.35. The number of nitrogens with zero attached hydrogens (tertiary/aromatic N) is 2. The molecule has 0 aliphatic rings. The summed E-state index contributed by atoms with van der Waals surface area (Å²) in [6.07, 6.45) is 6.47. The van der Waals surface area contributed by atoms with Crippen molar-refractivity contribution in [3.8, 4) is 11.6 Å². The third-order valence-electron chi connectivity index (χ3n) is 2.53. The van der Waals surface area contributed by atoms with Crippen molar-refractivity contribution < 1.29 is 4.42 Å². The molecule has 0 radical (unpaired) electrons. The molecule has 2 heterocycles. The van der Waals surface area contributed by atoms with Crippen LogP contribution in [0.1, 0.15) is 24.5 Å². The second-order valence-electron chi connectivity index (χ2n) is 4.02. The van der Waals surface area contributed by atoms with Gasteiger partial charge in [0, 0.05) is 24.5 Å². The van der Waals surface area contributed by atoms with Crippen molar-refractivity contribution in [2.24, 2.45) is 0 Å². The molecule has 0 amide bonds. The molecule has 0 aromatic carbocycles. The van der Waals surface area contributed by atoms with E-state index in [1.54, 1.807) is 6.26 Å². The van der Waals surface area contributed by atoms with Crippen LogP contribution in [0.15, 0.2) is 29.1 Å². The highest BCUT2D eigenvalue weighted by Gasteiger charge is 2.07.